The molecule has 1 unspecified atom stereocenters. The van der Waals surface area contributed by atoms with Gasteiger partial charge in [-0.15, -0.1) is 0 Å². The van der Waals surface area contributed by atoms with Crippen molar-refractivity contribution in [1.82, 2.24) is 0 Å². The third kappa shape index (κ3) is 5.19. The van der Waals surface area contributed by atoms with Crippen LogP contribution < -0.4 is 16.8 Å². The number of hydrogen-bond donors (Lipinski definition) is 3. The monoisotopic (exact) mass is 291 g/mol. The molecule has 0 aliphatic carbocycles. The van der Waals surface area contributed by atoms with Crippen molar-refractivity contribution in [2.24, 2.45) is 22.8 Å². The van der Waals surface area contributed by atoms with E-state index >= 15 is 0 Å². The number of carbonyl (C=O) groups is 2. The standard InChI is InChI=1S/C16H25N3O2/c1-10-7-11(14(18)20)5-6-13(10)19-15(21)12(9-17)8-16(2,3)4/h5-7,12H,8-9,17H2,1-4H3,(H2,18,20)(H,19,21). The molecule has 0 saturated carbocycles. The van der Waals surface area contributed by atoms with Crippen molar-refractivity contribution in [3.8, 4) is 0 Å². The predicted octanol–water partition coefficient (Wildman–Crippen LogP) is 2.04. The third-order valence-corrected chi connectivity index (χ3v) is 3.28. The zero-order valence-corrected chi connectivity index (χ0v) is 13.2. The van der Waals surface area contributed by atoms with Crippen molar-refractivity contribution in [3.63, 3.8) is 0 Å². The first-order valence-corrected chi connectivity index (χ1v) is 7.05. The van der Waals surface area contributed by atoms with Crippen LogP contribution in [0.5, 0.6) is 0 Å². The van der Waals surface area contributed by atoms with Crippen molar-refractivity contribution in [3.05, 3.63) is 29.3 Å². The van der Waals surface area contributed by atoms with Crippen molar-refractivity contribution in [1.29, 1.82) is 0 Å². The van der Waals surface area contributed by atoms with E-state index in [0.717, 1.165) is 5.56 Å². The Morgan fingerprint density at radius 3 is 2.33 bits per heavy atom. The number of anilines is 1. The van der Waals surface area contributed by atoms with Gasteiger partial charge in [0.05, 0.1) is 5.92 Å². The summed E-state index contributed by atoms with van der Waals surface area (Å²) < 4.78 is 0. The number of aryl methyl sites for hydroxylation is 1. The first kappa shape index (κ1) is 17.2. The Balaban J connectivity index is 2.84. The van der Waals surface area contributed by atoms with Gasteiger partial charge in [-0.1, -0.05) is 20.8 Å². The number of hydrogen-bond acceptors (Lipinski definition) is 3. The summed E-state index contributed by atoms with van der Waals surface area (Å²) >= 11 is 0. The van der Waals surface area contributed by atoms with E-state index in [4.69, 9.17) is 11.5 Å². The van der Waals surface area contributed by atoms with Gasteiger partial charge in [0.15, 0.2) is 0 Å². The van der Waals surface area contributed by atoms with Crippen LogP contribution in [0.2, 0.25) is 0 Å². The molecule has 21 heavy (non-hydrogen) atoms. The van der Waals surface area contributed by atoms with Gasteiger partial charge in [-0.2, -0.15) is 0 Å². The summed E-state index contributed by atoms with van der Waals surface area (Å²) in [5.41, 5.74) is 12.9. The average molecular weight is 291 g/mol. The second-order valence-electron chi connectivity index (χ2n) is 6.58. The van der Waals surface area contributed by atoms with Crippen molar-refractivity contribution >= 4 is 17.5 Å². The third-order valence-electron chi connectivity index (χ3n) is 3.28. The molecule has 1 atom stereocenters. The topological polar surface area (TPSA) is 98.2 Å². The number of benzene rings is 1. The number of nitrogens with one attached hydrogen (secondary N) is 1. The molecule has 0 aliphatic heterocycles. The lowest BCUT2D eigenvalue weighted by atomic mass is 9.84. The summed E-state index contributed by atoms with van der Waals surface area (Å²) in [6.07, 6.45) is 0.716. The predicted molar refractivity (Wildman–Crippen MR) is 84.9 cm³/mol. The number of rotatable bonds is 5. The number of carbonyl (C=O) groups excluding carboxylic acids is 2. The highest BCUT2D eigenvalue weighted by Gasteiger charge is 2.24. The van der Waals surface area contributed by atoms with Gasteiger partial charge in [-0.3, -0.25) is 9.59 Å². The fourth-order valence-electron chi connectivity index (χ4n) is 2.21. The SMILES string of the molecule is Cc1cc(C(N)=O)ccc1NC(=O)C(CN)CC(C)(C)C. The molecule has 0 spiro atoms. The maximum Gasteiger partial charge on any atom is 0.248 e. The summed E-state index contributed by atoms with van der Waals surface area (Å²) in [7, 11) is 0. The van der Waals surface area contributed by atoms with Gasteiger partial charge in [0.2, 0.25) is 11.8 Å². The van der Waals surface area contributed by atoms with E-state index < -0.39 is 5.91 Å². The first-order chi connectivity index (χ1) is 9.64. The summed E-state index contributed by atoms with van der Waals surface area (Å²) in [5, 5.41) is 2.88. The zero-order valence-electron chi connectivity index (χ0n) is 13.2. The summed E-state index contributed by atoms with van der Waals surface area (Å²) in [4.78, 5) is 23.4. The molecule has 0 aliphatic rings. The van der Waals surface area contributed by atoms with Crippen LogP contribution in [0.1, 0.15) is 43.1 Å². The minimum absolute atomic E-state index is 0.0340. The van der Waals surface area contributed by atoms with Crippen LogP contribution in [0.4, 0.5) is 5.69 Å². The van der Waals surface area contributed by atoms with Gasteiger partial charge < -0.3 is 16.8 Å². The van der Waals surface area contributed by atoms with Gasteiger partial charge >= 0.3 is 0 Å². The summed E-state index contributed by atoms with van der Waals surface area (Å²) in [6.45, 7) is 8.37. The number of primary amides is 1. The van der Waals surface area contributed by atoms with Crippen LogP contribution in [0.15, 0.2) is 18.2 Å². The number of nitrogens with two attached hydrogens (primary N) is 2. The summed E-state index contributed by atoms with van der Waals surface area (Å²) in [5.74, 6) is -0.814. The molecule has 5 N–H and O–H groups in total. The number of amides is 2. The quantitative estimate of drug-likeness (QED) is 0.774. The molecule has 5 heteroatoms. The average Bonchev–Trinajstić information content (AvgIpc) is 2.36. The Kier molecular flexibility index (Phi) is 5.49. The Labute approximate surface area is 126 Å². The van der Waals surface area contributed by atoms with E-state index in [9.17, 15) is 9.59 Å². The second kappa shape index (κ2) is 6.72. The molecule has 116 valence electrons. The Bertz CT molecular complexity index is 533. The molecule has 0 fully saturated rings. The molecule has 1 rings (SSSR count). The molecular weight excluding hydrogens is 266 g/mol. The maximum absolute atomic E-state index is 12.3. The van der Waals surface area contributed by atoms with Gasteiger partial charge in [0.1, 0.15) is 0 Å². The maximum atomic E-state index is 12.3. The highest BCUT2D eigenvalue weighted by molar-refractivity contribution is 5.96. The Morgan fingerprint density at radius 1 is 1.29 bits per heavy atom. The normalized spacial score (nSPS) is 12.8. The van der Waals surface area contributed by atoms with Gasteiger partial charge in [-0.25, -0.2) is 0 Å². The fourth-order valence-corrected chi connectivity index (χ4v) is 2.21. The van der Waals surface area contributed by atoms with E-state index in [0.29, 0.717) is 24.2 Å². The second-order valence-corrected chi connectivity index (χ2v) is 6.58. The van der Waals surface area contributed by atoms with Crippen LogP contribution in [-0.2, 0) is 4.79 Å². The van der Waals surface area contributed by atoms with E-state index in [1.54, 1.807) is 18.2 Å². The lowest BCUT2D eigenvalue weighted by molar-refractivity contribution is -0.120. The van der Waals surface area contributed by atoms with E-state index in [-0.39, 0.29) is 17.2 Å². The van der Waals surface area contributed by atoms with Crippen molar-refractivity contribution in [2.45, 2.75) is 34.1 Å². The van der Waals surface area contributed by atoms with Crippen LogP contribution in [0.25, 0.3) is 0 Å². The molecule has 1 aromatic carbocycles. The van der Waals surface area contributed by atoms with E-state index in [1.165, 1.54) is 0 Å². The molecule has 2 amide bonds. The highest BCUT2D eigenvalue weighted by Crippen LogP contribution is 2.25. The van der Waals surface area contributed by atoms with Crippen LogP contribution in [-0.4, -0.2) is 18.4 Å². The first-order valence-electron chi connectivity index (χ1n) is 7.05. The molecule has 0 aromatic heterocycles. The minimum Gasteiger partial charge on any atom is -0.366 e. The van der Waals surface area contributed by atoms with Crippen LogP contribution >= 0.6 is 0 Å². The molecule has 0 heterocycles. The summed E-state index contributed by atoms with van der Waals surface area (Å²) in [6, 6.07) is 4.96. The molecular formula is C16H25N3O2. The van der Waals surface area contributed by atoms with Crippen LogP contribution in [0.3, 0.4) is 0 Å². The molecule has 0 saturated heterocycles. The molecule has 5 nitrogen and oxygen atoms in total. The van der Waals surface area contributed by atoms with Gasteiger partial charge in [-0.05, 0) is 42.5 Å². The fraction of sp³-hybridized carbons (Fsp3) is 0.500. The van der Waals surface area contributed by atoms with Crippen LogP contribution in [0, 0.1) is 18.3 Å². The van der Waals surface area contributed by atoms with Gasteiger partial charge in [0, 0.05) is 17.8 Å². The van der Waals surface area contributed by atoms with E-state index in [2.05, 4.69) is 26.1 Å². The van der Waals surface area contributed by atoms with E-state index in [1.807, 2.05) is 6.92 Å². The Morgan fingerprint density at radius 2 is 1.90 bits per heavy atom. The highest BCUT2D eigenvalue weighted by atomic mass is 16.2. The zero-order chi connectivity index (χ0) is 16.2. The molecule has 1 aromatic rings. The molecule has 0 radical (unpaired) electrons. The lowest BCUT2D eigenvalue weighted by Crippen LogP contribution is -2.32. The van der Waals surface area contributed by atoms with Crippen molar-refractivity contribution in [2.75, 3.05) is 11.9 Å². The Hall–Kier alpha value is -1.88. The molecule has 0 bridgehead atoms. The smallest absolute Gasteiger partial charge is 0.248 e. The minimum atomic E-state index is -0.483. The largest absolute Gasteiger partial charge is 0.366 e. The van der Waals surface area contributed by atoms with Gasteiger partial charge in [0.25, 0.3) is 0 Å². The lowest BCUT2D eigenvalue weighted by Gasteiger charge is -2.24. The van der Waals surface area contributed by atoms with Crippen molar-refractivity contribution < 1.29 is 9.59 Å².